The Morgan fingerprint density at radius 3 is 3.00 bits per heavy atom. The molecule has 1 saturated heterocycles. The second kappa shape index (κ2) is 6.31. The highest BCUT2D eigenvalue weighted by atomic mass is 16.2. The van der Waals surface area contributed by atoms with E-state index in [0.717, 1.165) is 42.7 Å². The third kappa shape index (κ3) is 2.82. The zero-order valence-electron chi connectivity index (χ0n) is 13.3. The molecule has 122 valence electrons. The first-order chi connectivity index (χ1) is 11.8. The summed E-state index contributed by atoms with van der Waals surface area (Å²) in [6.07, 6.45) is 4.65. The van der Waals surface area contributed by atoms with Crippen LogP contribution in [0.15, 0.2) is 48.8 Å². The maximum Gasteiger partial charge on any atom is 0.242 e. The maximum absolute atomic E-state index is 12.1. The smallest absolute Gasteiger partial charge is 0.242 e. The maximum atomic E-state index is 12.1. The Morgan fingerprint density at radius 2 is 2.04 bits per heavy atom. The number of anilines is 1. The number of para-hydroxylation sites is 2. The lowest BCUT2D eigenvalue weighted by Crippen LogP contribution is -2.38. The number of aromatic nitrogens is 3. The predicted octanol–water partition coefficient (Wildman–Crippen LogP) is 2.50. The summed E-state index contributed by atoms with van der Waals surface area (Å²) in [6.45, 7) is 0.755. The zero-order valence-corrected chi connectivity index (χ0v) is 13.3. The van der Waals surface area contributed by atoms with Crippen molar-refractivity contribution in [3.63, 3.8) is 0 Å². The number of amides is 1. The lowest BCUT2D eigenvalue weighted by atomic mass is 10.1. The Morgan fingerprint density at radius 1 is 1.12 bits per heavy atom. The van der Waals surface area contributed by atoms with Crippen molar-refractivity contribution in [3.05, 3.63) is 48.8 Å². The van der Waals surface area contributed by atoms with Crippen molar-refractivity contribution in [1.82, 2.24) is 19.9 Å². The largest absolute Gasteiger partial charge is 0.358 e. The van der Waals surface area contributed by atoms with Gasteiger partial charge in [0.25, 0.3) is 0 Å². The van der Waals surface area contributed by atoms with E-state index < -0.39 is 0 Å². The molecule has 0 spiro atoms. The first kappa shape index (κ1) is 14.7. The number of nitrogens with one attached hydrogen (secondary N) is 2. The lowest BCUT2D eigenvalue weighted by molar-refractivity contribution is -0.121. The SMILES string of the molecule is O=C1NCCCCC1Nc1cccc(-n2cnc3ccccc32)n1. The van der Waals surface area contributed by atoms with Crippen LogP contribution in [0.5, 0.6) is 0 Å². The quantitative estimate of drug-likeness (QED) is 0.777. The van der Waals surface area contributed by atoms with Crippen molar-refractivity contribution in [2.45, 2.75) is 25.3 Å². The topological polar surface area (TPSA) is 71.8 Å². The molecule has 6 nitrogen and oxygen atoms in total. The third-order valence-corrected chi connectivity index (χ3v) is 4.29. The lowest BCUT2D eigenvalue weighted by Gasteiger charge is -2.16. The Balaban J connectivity index is 1.63. The van der Waals surface area contributed by atoms with E-state index in [4.69, 9.17) is 0 Å². The van der Waals surface area contributed by atoms with E-state index in [1.54, 1.807) is 6.33 Å². The van der Waals surface area contributed by atoms with Gasteiger partial charge in [-0.15, -0.1) is 0 Å². The highest BCUT2D eigenvalue weighted by Gasteiger charge is 2.20. The Hall–Kier alpha value is -2.89. The molecule has 1 amide bonds. The van der Waals surface area contributed by atoms with Gasteiger partial charge in [-0.3, -0.25) is 9.36 Å². The molecule has 2 aromatic heterocycles. The molecule has 0 radical (unpaired) electrons. The molecule has 3 aromatic rings. The number of hydrogen-bond acceptors (Lipinski definition) is 4. The average molecular weight is 321 g/mol. The molecule has 1 aliphatic heterocycles. The number of carbonyl (C=O) groups is 1. The summed E-state index contributed by atoms with van der Waals surface area (Å²) in [5, 5.41) is 6.20. The van der Waals surface area contributed by atoms with Crippen LogP contribution < -0.4 is 10.6 Å². The molecular weight excluding hydrogens is 302 g/mol. The van der Waals surface area contributed by atoms with Crippen LogP contribution in [-0.2, 0) is 4.79 Å². The van der Waals surface area contributed by atoms with E-state index in [2.05, 4.69) is 20.6 Å². The molecule has 4 rings (SSSR count). The minimum absolute atomic E-state index is 0.0489. The molecule has 2 N–H and O–H groups in total. The molecule has 24 heavy (non-hydrogen) atoms. The van der Waals surface area contributed by atoms with Gasteiger partial charge >= 0.3 is 0 Å². The van der Waals surface area contributed by atoms with Crippen LogP contribution in [0, 0.1) is 0 Å². The van der Waals surface area contributed by atoms with Crippen molar-refractivity contribution < 1.29 is 4.79 Å². The van der Waals surface area contributed by atoms with E-state index in [-0.39, 0.29) is 11.9 Å². The summed E-state index contributed by atoms with van der Waals surface area (Å²) in [4.78, 5) is 21.2. The fourth-order valence-corrected chi connectivity index (χ4v) is 3.04. The number of fused-ring (bicyclic) bond motifs is 1. The van der Waals surface area contributed by atoms with Crippen LogP contribution in [0.25, 0.3) is 16.9 Å². The highest BCUT2D eigenvalue weighted by Crippen LogP contribution is 2.18. The monoisotopic (exact) mass is 321 g/mol. The number of nitrogens with zero attached hydrogens (tertiary/aromatic N) is 3. The molecule has 1 fully saturated rings. The number of imidazole rings is 1. The zero-order chi connectivity index (χ0) is 16.4. The van der Waals surface area contributed by atoms with Crippen LogP contribution in [0.2, 0.25) is 0 Å². The van der Waals surface area contributed by atoms with Gasteiger partial charge in [-0.1, -0.05) is 18.2 Å². The van der Waals surface area contributed by atoms with Crippen molar-refractivity contribution >= 4 is 22.8 Å². The van der Waals surface area contributed by atoms with Crippen molar-refractivity contribution in [3.8, 4) is 5.82 Å². The second-order valence-electron chi connectivity index (χ2n) is 5.97. The number of hydrogen-bond donors (Lipinski definition) is 2. The first-order valence-electron chi connectivity index (χ1n) is 8.25. The van der Waals surface area contributed by atoms with Crippen molar-refractivity contribution in [2.24, 2.45) is 0 Å². The summed E-state index contributed by atoms with van der Waals surface area (Å²) in [5.74, 6) is 1.53. The normalized spacial score (nSPS) is 18.2. The van der Waals surface area contributed by atoms with E-state index >= 15 is 0 Å². The van der Waals surface area contributed by atoms with Gasteiger partial charge < -0.3 is 10.6 Å². The summed E-state index contributed by atoms with van der Waals surface area (Å²) >= 11 is 0. The summed E-state index contributed by atoms with van der Waals surface area (Å²) in [5.41, 5.74) is 1.94. The molecule has 0 bridgehead atoms. The standard InChI is InChI=1S/C18H19N5O/c24-18-14(7-3-4-11-19-18)21-16-9-5-10-17(22-16)23-12-20-13-6-1-2-8-15(13)23/h1-2,5-6,8-10,12,14H,3-4,7,11H2,(H,19,24)(H,21,22). The molecule has 1 aliphatic rings. The fraction of sp³-hybridized carbons (Fsp3) is 0.278. The number of rotatable bonds is 3. The first-order valence-corrected chi connectivity index (χ1v) is 8.25. The summed E-state index contributed by atoms with van der Waals surface area (Å²) in [6, 6.07) is 13.5. The van der Waals surface area contributed by atoms with E-state index in [0.29, 0.717) is 5.82 Å². The molecular formula is C18H19N5O. The van der Waals surface area contributed by atoms with Crippen LogP contribution in [0.3, 0.4) is 0 Å². The van der Waals surface area contributed by atoms with E-state index in [1.807, 2.05) is 47.0 Å². The van der Waals surface area contributed by atoms with Crippen LogP contribution in [0.4, 0.5) is 5.82 Å². The van der Waals surface area contributed by atoms with Gasteiger partial charge in [-0.05, 0) is 43.5 Å². The van der Waals surface area contributed by atoms with Gasteiger partial charge in [0.05, 0.1) is 11.0 Å². The summed E-state index contributed by atoms with van der Waals surface area (Å²) < 4.78 is 1.95. The minimum atomic E-state index is -0.227. The van der Waals surface area contributed by atoms with E-state index in [9.17, 15) is 4.79 Å². The Bertz CT molecular complexity index is 872. The van der Waals surface area contributed by atoms with E-state index in [1.165, 1.54) is 0 Å². The van der Waals surface area contributed by atoms with Crippen LogP contribution in [-0.4, -0.2) is 33.0 Å². The van der Waals surface area contributed by atoms with Gasteiger partial charge in [0, 0.05) is 6.54 Å². The molecule has 3 heterocycles. The molecule has 0 aliphatic carbocycles. The average Bonchev–Trinajstić information content (AvgIpc) is 2.94. The van der Waals surface area contributed by atoms with Gasteiger partial charge in [0.1, 0.15) is 24.0 Å². The molecule has 1 unspecified atom stereocenters. The number of pyridine rings is 1. The third-order valence-electron chi connectivity index (χ3n) is 4.29. The van der Waals surface area contributed by atoms with Gasteiger partial charge in [-0.25, -0.2) is 9.97 Å². The number of carbonyl (C=O) groups excluding carboxylic acids is 1. The van der Waals surface area contributed by atoms with Gasteiger partial charge in [0.2, 0.25) is 5.91 Å². The second-order valence-corrected chi connectivity index (χ2v) is 5.97. The fourth-order valence-electron chi connectivity index (χ4n) is 3.04. The number of benzene rings is 1. The summed E-state index contributed by atoms with van der Waals surface area (Å²) in [7, 11) is 0. The molecule has 0 saturated carbocycles. The highest BCUT2D eigenvalue weighted by molar-refractivity contribution is 5.84. The Kier molecular flexibility index (Phi) is 3.86. The van der Waals surface area contributed by atoms with Gasteiger partial charge in [0.15, 0.2) is 0 Å². The van der Waals surface area contributed by atoms with Crippen molar-refractivity contribution in [1.29, 1.82) is 0 Å². The predicted molar refractivity (Wildman–Crippen MR) is 93.1 cm³/mol. The van der Waals surface area contributed by atoms with Crippen LogP contribution in [0.1, 0.15) is 19.3 Å². The molecule has 1 atom stereocenters. The van der Waals surface area contributed by atoms with Gasteiger partial charge in [-0.2, -0.15) is 0 Å². The van der Waals surface area contributed by atoms with Crippen LogP contribution >= 0.6 is 0 Å². The Labute approximate surface area is 139 Å². The minimum Gasteiger partial charge on any atom is -0.358 e. The molecule has 6 heteroatoms. The van der Waals surface area contributed by atoms with Crippen molar-refractivity contribution in [2.75, 3.05) is 11.9 Å². The molecule has 1 aromatic carbocycles.